The second-order valence-electron chi connectivity index (χ2n) is 6.20. The largest absolute Gasteiger partial charge is 0.489 e. The number of rotatable bonds is 5. The summed E-state index contributed by atoms with van der Waals surface area (Å²) in [6.45, 7) is 0.145. The lowest BCUT2D eigenvalue weighted by Crippen LogP contribution is -2.01. The molecule has 4 aromatic rings. The molecule has 4 rings (SSSR count). The number of carboxylic acids is 1. The molecule has 0 aliphatic heterocycles. The standard InChI is InChI=1S/C21H14N2O5/c24-21(25)20-16-6-1-2-7-18(16)22-19-11-15(8-9-17(19)20)28-12-13-4-3-5-14(10-13)23(26)27/h1-11H,12H2,(H,24,25). The summed E-state index contributed by atoms with van der Waals surface area (Å²) in [6.07, 6.45) is 0. The van der Waals surface area contributed by atoms with Crippen LogP contribution in [0.5, 0.6) is 5.75 Å². The molecule has 0 radical (unpaired) electrons. The number of carboxylic acid groups (broad SMARTS) is 1. The van der Waals surface area contributed by atoms with Gasteiger partial charge in [0.2, 0.25) is 0 Å². The van der Waals surface area contributed by atoms with Crippen molar-refractivity contribution in [2.24, 2.45) is 0 Å². The fraction of sp³-hybridized carbons (Fsp3) is 0.0476. The van der Waals surface area contributed by atoms with Crippen molar-refractivity contribution in [3.8, 4) is 5.75 Å². The van der Waals surface area contributed by atoms with Crippen molar-refractivity contribution in [2.45, 2.75) is 6.61 Å². The summed E-state index contributed by atoms with van der Waals surface area (Å²) in [5, 5.41) is 21.6. The number of nitro groups is 1. The van der Waals surface area contributed by atoms with Crippen LogP contribution in [-0.2, 0) is 6.61 Å². The van der Waals surface area contributed by atoms with Crippen LogP contribution >= 0.6 is 0 Å². The van der Waals surface area contributed by atoms with Crippen LogP contribution in [0.25, 0.3) is 21.8 Å². The van der Waals surface area contributed by atoms with E-state index in [9.17, 15) is 20.0 Å². The molecular weight excluding hydrogens is 360 g/mol. The third kappa shape index (κ3) is 3.21. The predicted molar refractivity (Wildman–Crippen MR) is 104 cm³/mol. The van der Waals surface area contributed by atoms with Crippen molar-refractivity contribution in [3.05, 3.63) is 88.0 Å². The first-order chi connectivity index (χ1) is 13.5. The van der Waals surface area contributed by atoms with Gasteiger partial charge in [0.05, 0.1) is 21.5 Å². The second-order valence-corrected chi connectivity index (χ2v) is 6.20. The summed E-state index contributed by atoms with van der Waals surface area (Å²) >= 11 is 0. The van der Waals surface area contributed by atoms with E-state index < -0.39 is 10.9 Å². The molecule has 0 saturated carbocycles. The number of aromatic nitrogens is 1. The lowest BCUT2D eigenvalue weighted by Gasteiger charge is -2.10. The summed E-state index contributed by atoms with van der Waals surface area (Å²) < 4.78 is 5.74. The third-order valence-corrected chi connectivity index (χ3v) is 4.39. The number of pyridine rings is 1. The Morgan fingerprint density at radius 2 is 1.79 bits per heavy atom. The number of aromatic carboxylic acids is 1. The zero-order valence-electron chi connectivity index (χ0n) is 14.5. The third-order valence-electron chi connectivity index (χ3n) is 4.39. The Hall–Kier alpha value is -4.00. The smallest absolute Gasteiger partial charge is 0.337 e. The van der Waals surface area contributed by atoms with E-state index in [0.29, 0.717) is 33.1 Å². The van der Waals surface area contributed by atoms with Gasteiger partial charge in [0.1, 0.15) is 12.4 Å². The first kappa shape index (κ1) is 17.4. The minimum Gasteiger partial charge on any atom is -0.489 e. The molecule has 0 unspecified atom stereocenters. The minimum absolute atomic E-state index is 0.00107. The lowest BCUT2D eigenvalue weighted by atomic mass is 10.0. The summed E-state index contributed by atoms with van der Waals surface area (Å²) in [4.78, 5) is 26.8. The Labute approximate surface area is 159 Å². The first-order valence-corrected chi connectivity index (χ1v) is 8.45. The van der Waals surface area contributed by atoms with Crippen LogP contribution in [0.2, 0.25) is 0 Å². The van der Waals surface area contributed by atoms with E-state index in [1.54, 1.807) is 54.6 Å². The van der Waals surface area contributed by atoms with Gasteiger partial charge < -0.3 is 9.84 Å². The van der Waals surface area contributed by atoms with Crippen LogP contribution in [-0.4, -0.2) is 21.0 Å². The molecule has 1 N–H and O–H groups in total. The van der Waals surface area contributed by atoms with Gasteiger partial charge in [-0.25, -0.2) is 9.78 Å². The number of non-ortho nitro benzene ring substituents is 1. The average molecular weight is 374 g/mol. The van der Waals surface area contributed by atoms with Gasteiger partial charge in [-0.3, -0.25) is 10.1 Å². The van der Waals surface area contributed by atoms with E-state index in [2.05, 4.69) is 4.98 Å². The highest BCUT2D eigenvalue weighted by Gasteiger charge is 2.15. The fourth-order valence-electron chi connectivity index (χ4n) is 3.12. The highest BCUT2D eigenvalue weighted by Crippen LogP contribution is 2.29. The van der Waals surface area contributed by atoms with Gasteiger partial charge in [-0.1, -0.05) is 30.3 Å². The zero-order valence-corrected chi connectivity index (χ0v) is 14.5. The van der Waals surface area contributed by atoms with Gasteiger partial charge in [-0.05, 0) is 23.8 Å². The van der Waals surface area contributed by atoms with Gasteiger partial charge in [-0.15, -0.1) is 0 Å². The SMILES string of the molecule is O=C(O)c1c2ccccc2nc2cc(OCc3cccc([N+](=O)[O-])c3)ccc12. The molecule has 7 heteroatoms. The van der Waals surface area contributed by atoms with E-state index in [1.165, 1.54) is 12.1 Å². The summed E-state index contributed by atoms with van der Waals surface area (Å²) in [6, 6.07) is 18.3. The molecule has 0 aliphatic carbocycles. The highest BCUT2D eigenvalue weighted by atomic mass is 16.6. The number of ether oxygens (including phenoxy) is 1. The van der Waals surface area contributed by atoms with E-state index in [1.807, 2.05) is 0 Å². The monoisotopic (exact) mass is 374 g/mol. The average Bonchev–Trinajstić information content (AvgIpc) is 2.70. The Kier molecular flexibility index (Phi) is 4.33. The normalized spacial score (nSPS) is 10.9. The van der Waals surface area contributed by atoms with Crippen molar-refractivity contribution in [1.29, 1.82) is 0 Å². The number of carbonyl (C=O) groups is 1. The Morgan fingerprint density at radius 3 is 2.57 bits per heavy atom. The van der Waals surface area contributed by atoms with E-state index >= 15 is 0 Å². The summed E-state index contributed by atoms with van der Waals surface area (Å²) in [7, 11) is 0. The molecule has 1 heterocycles. The number of nitrogens with zero attached hydrogens (tertiary/aromatic N) is 2. The van der Waals surface area contributed by atoms with Gasteiger partial charge in [0.15, 0.2) is 0 Å². The minimum atomic E-state index is -1.02. The maximum atomic E-state index is 11.8. The molecule has 0 spiro atoms. The molecule has 0 amide bonds. The molecule has 0 bridgehead atoms. The van der Waals surface area contributed by atoms with E-state index in [-0.39, 0.29) is 17.9 Å². The Bertz CT molecular complexity index is 1240. The molecule has 0 saturated heterocycles. The molecule has 138 valence electrons. The number of hydrogen-bond acceptors (Lipinski definition) is 5. The molecule has 7 nitrogen and oxygen atoms in total. The molecule has 0 aliphatic rings. The van der Waals surface area contributed by atoms with Crippen molar-refractivity contribution < 1.29 is 19.6 Å². The van der Waals surface area contributed by atoms with Crippen LogP contribution in [0.1, 0.15) is 15.9 Å². The van der Waals surface area contributed by atoms with Gasteiger partial charge in [-0.2, -0.15) is 0 Å². The van der Waals surface area contributed by atoms with Crippen LogP contribution < -0.4 is 4.74 Å². The quantitative estimate of drug-likeness (QED) is 0.312. The van der Waals surface area contributed by atoms with Crippen LogP contribution in [0, 0.1) is 10.1 Å². The predicted octanol–water partition coefficient (Wildman–Crippen LogP) is 4.57. The van der Waals surface area contributed by atoms with Crippen LogP contribution in [0.15, 0.2) is 66.7 Å². The van der Waals surface area contributed by atoms with Gasteiger partial charge in [0.25, 0.3) is 5.69 Å². The van der Waals surface area contributed by atoms with Crippen LogP contribution in [0.4, 0.5) is 5.69 Å². The zero-order chi connectivity index (χ0) is 19.7. The number of benzene rings is 3. The number of fused-ring (bicyclic) bond motifs is 2. The summed E-state index contributed by atoms with van der Waals surface area (Å²) in [5.41, 5.74) is 1.95. The van der Waals surface area contributed by atoms with Crippen molar-refractivity contribution in [2.75, 3.05) is 0 Å². The van der Waals surface area contributed by atoms with E-state index in [0.717, 1.165) is 0 Å². The van der Waals surface area contributed by atoms with Crippen molar-refractivity contribution in [1.82, 2.24) is 4.98 Å². The lowest BCUT2D eigenvalue weighted by molar-refractivity contribution is -0.384. The number of para-hydroxylation sites is 1. The fourth-order valence-corrected chi connectivity index (χ4v) is 3.12. The molecule has 28 heavy (non-hydrogen) atoms. The molecule has 3 aromatic carbocycles. The Balaban J connectivity index is 1.70. The molecule has 0 fully saturated rings. The second kappa shape index (κ2) is 6.96. The molecule has 1 aromatic heterocycles. The maximum absolute atomic E-state index is 11.8. The summed E-state index contributed by atoms with van der Waals surface area (Å²) in [5.74, 6) is -0.521. The highest BCUT2D eigenvalue weighted by molar-refractivity contribution is 6.13. The topological polar surface area (TPSA) is 103 Å². The van der Waals surface area contributed by atoms with Gasteiger partial charge in [0, 0.05) is 29.0 Å². The number of hydrogen-bond donors (Lipinski definition) is 1. The number of nitro benzene ring substituents is 1. The van der Waals surface area contributed by atoms with Crippen molar-refractivity contribution in [3.63, 3.8) is 0 Å². The Morgan fingerprint density at radius 1 is 1.00 bits per heavy atom. The van der Waals surface area contributed by atoms with Gasteiger partial charge >= 0.3 is 5.97 Å². The molecule has 0 atom stereocenters. The maximum Gasteiger partial charge on any atom is 0.337 e. The van der Waals surface area contributed by atoms with Crippen LogP contribution in [0.3, 0.4) is 0 Å². The first-order valence-electron chi connectivity index (χ1n) is 8.45. The molecular formula is C21H14N2O5. The van der Waals surface area contributed by atoms with Crippen molar-refractivity contribution >= 4 is 33.5 Å². The van der Waals surface area contributed by atoms with E-state index in [4.69, 9.17) is 4.74 Å².